The van der Waals surface area contributed by atoms with E-state index in [9.17, 15) is 0 Å². The van der Waals surface area contributed by atoms with Gasteiger partial charge in [-0.1, -0.05) is 6.42 Å². The lowest BCUT2D eigenvalue weighted by Crippen LogP contribution is -2.66. The Balaban J connectivity index is 1.55. The smallest absolute Gasteiger partial charge is 0.115 e. The van der Waals surface area contributed by atoms with Crippen LogP contribution in [0.1, 0.15) is 38.3 Å². The molecule has 0 saturated heterocycles. The standard InChI is InChI=1S/C14H21N3O/c1-2-18-13-8-12(14(13)5-3-6-14)16-9-11-4-7-15-10-17-11/h4,7,10,12-13,16H,2-3,5-6,8-9H2,1H3. The van der Waals surface area contributed by atoms with Crippen LogP contribution in [-0.4, -0.2) is 28.7 Å². The molecule has 2 unspecified atom stereocenters. The van der Waals surface area contributed by atoms with Crippen molar-refractivity contribution in [3.63, 3.8) is 0 Å². The second-order valence-corrected chi connectivity index (χ2v) is 5.40. The van der Waals surface area contributed by atoms with Gasteiger partial charge >= 0.3 is 0 Å². The summed E-state index contributed by atoms with van der Waals surface area (Å²) in [7, 11) is 0. The zero-order chi connectivity index (χ0) is 12.4. The molecule has 1 aromatic heterocycles. The highest BCUT2D eigenvalue weighted by Gasteiger charge is 2.58. The van der Waals surface area contributed by atoms with E-state index >= 15 is 0 Å². The maximum atomic E-state index is 5.85. The van der Waals surface area contributed by atoms with Gasteiger partial charge in [-0.15, -0.1) is 0 Å². The molecule has 0 amide bonds. The highest BCUT2D eigenvalue weighted by Crippen LogP contribution is 2.57. The van der Waals surface area contributed by atoms with E-state index in [1.54, 1.807) is 12.5 Å². The summed E-state index contributed by atoms with van der Waals surface area (Å²) in [6.45, 7) is 3.77. The molecule has 1 aromatic rings. The third-order valence-corrected chi connectivity index (χ3v) is 4.61. The fourth-order valence-corrected chi connectivity index (χ4v) is 3.38. The van der Waals surface area contributed by atoms with Crippen molar-refractivity contribution >= 4 is 0 Å². The lowest BCUT2D eigenvalue weighted by molar-refractivity contribution is -0.173. The van der Waals surface area contributed by atoms with Crippen LogP contribution in [0.25, 0.3) is 0 Å². The number of nitrogens with one attached hydrogen (secondary N) is 1. The predicted molar refractivity (Wildman–Crippen MR) is 69.0 cm³/mol. The number of ether oxygens (including phenoxy) is 1. The highest BCUT2D eigenvalue weighted by molar-refractivity contribution is 5.12. The van der Waals surface area contributed by atoms with Crippen LogP contribution in [0.15, 0.2) is 18.6 Å². The van der Waals surface area contributed by atoms with E-state index in [-0.39, 0.29) is 0 Å². The second-order valence-electron chi connectivity index (χ2n) is 5.40. The van der Waals surface area contributed by atoms with Crippen molar-refractivity contribution in [1.29, 1.82) is 0 Å². The molecule has 2 fully saturated rings. The molecule has 4 nitrogen and oxygen atoms in total. The molecule has 1 heterocycles. The summed E-state index contributed by atoms with van der Waals surface area (Å²) >= 11 is 0. The van der Waals surface area contributed by atoms with Crippen molar-refractivity contribution in [2.75, 3.05) is 6.61 Å². The minimum Gasteiger partial charge on any atom is -0.378 e. The first kappa shape index (κ1) is 12.1. The van der Waals surface area contributed by atoms with Crippen LogP contribution in [-0.2, 0) is 11.3 Å². The Morgan fingerprint density at radius 2 is 2.39 bits per heavy atom. The summed E-state index contributed by atoms with van der Waals surface area (Å²) in [5.74, 6) is 0. The van der Waals surface area contributed by atoms with Gasteiger partial charge in [-0.3, -0.25) is 0 Å². The maximum absolute atomic E-state index is 5.85. The summed E-state index contributed by atoms with van der Waals surface area (Å²) in [6.07, 6.45) is 9.04. The van der Waals surface area contributed by atoms with Gasteiger partial charge in [-0.25, -0.2) is 9.97 Å². The molecular weight excluding hydrogens is 226 g/mol. The van der Waals surface area contributed by atoms with E-state index in [0.717, 1.165) is 25.3 Å². The van der Waals surface area contributed by atoms with Gasteiger partial charge in [0, 0.05) is 30.8 Å². The summed E-state index contributed by atoms with van der Waals surface area (Å²) in [5, 5.41) is 3.65. The first-order valence-electron chi connectivity index (χ1n) is 6.95. The second kappa shape index (κ2) is 4.94. The van der Waals surface area contributed by atoms with Gasteiger partial charge in [0.05, 0.1) is 11.8 Å². The monoisotopic (exact) mass is 247 g/mol. The van der Waals surface area contributed by atoms with Crippen LogP contribution >= 0.6 is 0 Å². The van der Waals surface area contributed by atoms with Gasteiger partial charge in [0.2, 0.25) is 0 Å². The van der Waals surface area contributed by atoms with Crippen molar-refractivity contribution in [3.05, 3.63) is 24.3 Å². The van der Waals surface area contributed by atoms with Crippen LogP contribution in [0.2, 0.25) is 0 Å². The number of hydrogen-bond donors (Lipinski definition) is 1. The number of aromatic nitrogens is 2. The van der Waals surface area contributed by atoms with Gasteiger partial charge in [0.25, 0.3) is 0 Å². The Morgan fingerprint density at radius 3 is 3.00 bits per heavy atom. The van der Waals surface area contributed by atoms with Gasteiger partial charge in [0.15, 0.2) is 0 Å². The number of rotatable bonds is 5. The van der Waals surface area contributed by atoms with E-state index in [0.29, 0.717) is 17.6 Å². The third-order valence-electron chi connectivity index (χ3n) is 4.61. The largest absolute Gasteiger partial charge is 0.378 e. The van der Waals surface area contributed by atoms with E-state index in [2.05, 4.69) is 22.2 Å². The topological polar surface area (TPSA) is 47.0 Å². The quantitative estimate of drug-likeness (QED) is 0.863. The molecule has 2 aliphatic carbocycles. The van der Waals surface area contributed by atoms with Crippen LogP contribution in [0.3, 0.4) is 0 Å². The molecule has 98 valence electrons. The van der Waals surface area contributed by atoms with Gasteiger partial charge in [-0.2, -0.15) is 0 Å². The normalized spacial score (nSPS) is 28.7. The Bertz CT molecular complexity index is 391. The van der Waals surface area contributed by atoms with Crippen LogP contribution in [0.4, 0.5) is 0 Å². The van der Waals surface area contributed by atoms with E-state index in [1.165, 1.54) is 19.3 Å². The summed E-state index contributed by atoms with van der Waals surface area (Å²) in [6, 6.07) is 2.58. The summed E-state index contributed by atoms with van der Waals surface area (Å²) < 4.78 is 5.85. The van der Waals surface area contributed by atoms with Crippen molar-refractivity contribution in [3.8, 4) is 0 Å². The van der Waals surface area contributed by atoms with Crippen LogP contribution in [0.5, 0.6) is 0 Å². The molecule has 1 spiro atoms. The fraction of sp³-hybridized carbons (Fsp3) is 0.714. The molecule has 0 radical (unpaired) electrons. The van der Waals surface area contributed by atoms with Gasteiger partial charge in [-0.05, 0) is 32.3 Å². The van der Waals surface area contributed by atoms with E-state index in [4.69, 9.17) is 4.74 Å². The molecule has 3 rings (SSSR count). The zero-order valence-corrected chi connectivity index (χ0v) is 10.9. The SMILES string of the molecule is CCOC1CC(NCc2ccncn2)C12CCC2. The number of nitrogens with zero attached hydrogens (tertiary/aromatic N) is 2. The van der Waals surface area contributed by atoms with Crippen molar-refractivity contribution in [1.82, 2.24) is 15.3 Å². The highest BCUT2D eigenvalue weighted by atomic mass is 16.5. The molecule has 1 N–H and O–H groups in total. The van der Waals surface area contributed by atoms with Crippen molar-refractivity contribution in [2.24, 2.45) is 5.41 Å². The van der Waals surface area contributed by atoms with Gasteiger partial charge < -0.3 is 10.1 Å². The number of hydrogen-bond acceptors (Lipinski definition) is 4. The molecule has 2 saturated carbocycles. The molecule has 0 aromatic carbocycles. The van der Waals surface area contributed by atoms with Gasteiger partial charge in [0.1, 0.15) is 6.33 Å². The summed E-state index contributed by atoms with van der Waals surface area (Å²) in [4.78, 5) is 8.19. The molecule has 0 bridgehead atoms. The first-order chi connectivity index (χ1) is 8.85. The Kier molecular flexibility index (Phi) is 3.31. The van der Waals surface area contributed by atoms with Crippen molar-refractivity contribution < 1.29 is 4.74 Å². The van der Waals surface area contributed by atoms with Crippen LogP contribution < -0.4 is 5.32 Å². The average Bonchev–Trinajstić information content (AvgIpc) is 2.32. The molecule has 4 heteroatoms. The van der Waals surface area contributed by atoms with E-state index in [1.807, 2.05) is 6.07 Å². The Morgan fingerprint density at radius 1 is 1.50 bits per heavy atom. The third kappa shape index (κ3) is 1.93. The molecule has 0 aliphatic heterocycles. The van der Waals surface area contributed by atoms with E-state index < -0.39 is 0 Å². The maximum Gasteiger partial charge on any atom is 0.115 e. The van der Waals surface area contributed by atoms with Crippen LogP contribution in [0, 0.1) is 5.41 Å². The zero-order valence-electron chi connectivity index (χ0n) is 10.9. The average molecular weight is 247 g/mol. The minimum atomic E-state index is 0.434. The fourth-order valence-electron chi connectivity index (χ4n) is 3.38. The lowest BCUT2D eigenvalue weighted by atomic mass is 9.51. The predicted octanol–water partition coefficient (Wildman–Crippen LogP) is 1.91. The first-order valence-corrected chi connectivity index (χ1v) is 6.95. The molecule has 18 heavy (non-hydrogen) atoms. The molecular formula is C14H21N3O. The van der Waals surface area contributed by atoms with Crippen molar-refractivity contribution in [2.45, 2.75) is 51.3 Å². The summed E-state index contributed by atoms with van der Waals surface area (Å²) in [5.41, 5.74) is 1.50. The Labute approximate surface area is 108 Å². The Hall–Kier alpha value is -1.00. The molecule has 2 atom stereocenters. The minimum absolute atomic E-state index is 0.434. The lowest BCUT2D eigenvalue weighted by Gasteiger charge is -2.61. The molecule has 2 aliphatic rings.